The molecule has 0 saturated carbocycles. The van der Waals surface area contributed by atoms with E-state index in [-0.39, 0.29) is 18.3 Å². The normalized spacial score (nSPS) is 12.9. The predicted molar refractivity (Wildman–Crippen MR) is 264 cm³/mol. The van der Waals surface area contributed by atoms with Crippen LogP contribution in [-0.2, 0) is 28.9 Å². The summed E-state index contributed by atoms with van der Waals surface area (Å²) >= 11 is 1.49. The number of thiazole rings is 1. The summed E-state index contributed by atoms with van der Waals surface area (Å²) in [5, 5.41) is 0.606. The van der Waals surface area contributed by atoms with Crippen molar-refractivity contribution in [1.82, 2.24) is 19.9 Å². The van der Waals surface area contributed by atoms with Gasteiger partial charge in [0.25, 0.3) is 5.91 Å². The van der Waals surface area contributed by atoms with Crippen molar-refractivity contribution in [3.05, 3.63) is 125 Å². The fourth-order valence-electron chi connectivity index (χ4n) is 7.35. The smallest absolute Gasteiger partial charge is 0.357 e. The van der Waals surface area contributed by atoms with Crippen LogP contribution in [0.2, 0.25) is 25.7 Å². The van der Waals surface area contributed by atoms with Gasteiger partial charge in [-0.1, -0.05) is 61.3 Å². The van der Waals surface area contributed by atoms with Crippen molar-refractivity contribution in [3.8, 4) is 22.8 Å². The van der Waals surface area contributed by atoms with E-state index in [0.29, 0.717) is 68.7 Å². The monoisotopic (exact) mass is 914 g/mol. The Morgan fingerprint density at radius 2 is 1.62 bits per heavy atom. The van der Waals surface area contributed by atoms with Gasteiger partial charge in [-0.15, -0.1) is 0 Å². The van der Waals surface area contributed by atoms with E-state index in [1.54, 1.807) is 11.1 Å². The molecule has 12 nitrogen and oxygen atoms in total. The number of aryl methyl sites for hydroxylation is 1. The summed E-state index contributed by atoms with van der Waals surface area (Å²) in [6.45, 7) is 16.2. The standard InChI is InChI=1S/C51H62N6O6SSi/c1-51(2,3)63-49(59)47-38(14-12-29-61-39-21-18-37(19-22-39)43-24-23-40(33-52-43)62-30-28-55(4)5)20-25-46(54-47)56-27-26-36-13-11-15-41(42(36)34-56)48(58)57(35-60-31-32-65(6,7)8)50-53-44-16-9-10-17-45(44)64-50/h9-11,13,15-25,33H,12,14,26-32,34-35H2,1-8H3. The van der Waals surface area contributed by atoms with Gasteiger partial charge in [-0.2, -0.15) is 0 Å². The summed E-state index contributed by atoms with van der Waals surface area (Å²) in [5.41, 5.74) is 5.70. The number of nitrogens with zero attached hydrogens (tertiary/aromatic N) is 6. The van der Waals surface area contributed by atoms with Crippen LogP contribution in [0.3, 0.4) is 0 Å². The summed E-state index contributed by atoms with van der Waals surface area (Å²) < 4.78 is 25.0. The van der Waals surface area contributed by atoms with E-state index in [4.69, 9.17) is 28.9 Å². The molecule has 0 unspecified atom stereocenters. The largest absolute Gasteiger partial charge is 0.494 e. The highest BCUT2D eigenvalue weighted by Crippen LogP contribution is 2.33. The van der Waals surface area contributed by atoms with E-state index in [0.717, 1.165) is 62.3 Å². The Morgan fingerprint density at radius 3 is 2.34 bits per heavy atom. The first-order valence-corrected chi connectivity index (χ1v) is 26.9. The number of rotatable bonds is 19. The van der Waals surface area contributed by atoms with Gasteiger partial charge < -0.3 is 28.7 Å². The molecule has 14 heteroatoms. The van der Waals surface area contributed by atoms with Gasteiger partial charge in [0.05, 0.1) is 28.7 Å². The zero-order valence-corrected chi connectivity index (χ0v) is 40.9. The molecule has 342 valence electrons. The summed E-state index contributed by atoms with van der Waals surface area (Å²) in [6.07, 6.45) is 3.68. The fraction of sp³-hybridized carbons (Fsp3) is 0.392. The molecule has 4 heterocycles. The summed E-state index contributed by atoms with van der Waals surface area (Å²) in [4.78, 5) is 48.8. The molecule has 0 spiro atoms. The van der Waals surface area contributed by atoms with E-state index in [9.17, 15) is 9.59 Å². The second kappa shape index (κ2) is 21.1. The highest BCUT2D eigenvalue weighted by molar-refractivity contribution is 7.22. The van der Waals surface area contributed by atoms with Gasteiger partial charge in [-0.05, 0) is 138 Å². The highest BCUT2D eigenvalue weighted by Gasteiger charge is 2.29. The second-order valence-corrected chi connectivity index (χ2v) is 25.5. The maximum Gasteiger partial charge on any atom is 0.357 e. The number of pyridine rings is 2. The lowest BCUT2D eigenvalue weighted by atomic mass is 9.94. The molecule has 65 heavy (non-hydrogen) atoms. The van der Waals surface area contributed by atoms with Crippen molar-refractivity contribution in [2.75, 3.05) is 63.5 Å². The lowest BCUT2D eigenvalue weighted by Gasteiger charge is -2.32. The SMILES string of the molecule is CN(C)CCOc1ccc(-c2ccc(OCCCc3ccc(N4CCc5cccc(C(=O)N(COCC[Si](C)(C)C)c6nc7ccccc7s6)c5C4)nc3C(=O)OC(C)(C)C)cc2)nc1. The van der Waals surface area contributed by atoms with E-state index in [1.165, 1.54) is 11.3 Å². The van der Waals surface area contributed by atoms with Gasteiger partial charge in [-0.25, -0.2) is 14.8 Å². The van der Waals surface area contributed by atoms with Gasteiger partial charge in [-0.3, -0.25) is 14.7 Å². The lowest BCUT2D eigenvalue weighted by Crippen LogP contribution is -2.37. The number of benzene rings is 3. The molecule has 0 bridgehead atoms. The van der Waals surface area contributed by atoms with Crippen LogP contribution in [-0.4, -0.2) is 99.1 Å². The molecule has 0 radical (unpaired) electrons. The number of aromatic nitrogens is 3. The van der Waals surface area contributed by atoms with Crippen molar-refractivity contribution in [2.24, 2.45) is 0 Å². The van der Waals surface area contributed by atoms with Crippen LogP contribution in [0, 0.1) is 0 Å². The topological polar surface area (TPSA) is 119 Å². The Hall–Kier alpha value is -5.67. The number of carbonyl (C=O) groups is 2. The number of hydrogen-bond donors (Lipinski definition) is 0. The number of anilines is 2. The van der Waals surface area contributed by atoms with Crippen molar-refractivity contribution < 1.29 is 28.5 Å². The average molecular weight is 915 g/mol. The quantitative estimate of drug-likeness (QED) is 0.0334. The molecule has 0 N–H and O–H groups in total. The summed E-state index contributed by atoms with van der Waals surface area (Å²) in [6, 6.07) is 30.6. The molecule has 1 aliphatic heterocycles. The van der Waals surface area contributed by atoms with Gasteiger partial charge in [0.1, 0.15) is 36.3 Å². The van der Waals surface area contributed by atoms with Gasteiger partial charge in [0, 0.05) is 45.4 Å². The number of fused-ring (bicyclic) bond motifs is 2. The predicted octanol–water partition coefficient (Wildman–Crippen LogP) is 10.2. The third-order valence-corrected chi connectivity index (χ3v) is 13.7. The van der Waals surface area contributed by atoms with Crippen LogP contribution < -0.4 is 19.3 Å². The maximum atomic E-state index is 14.7. The van der Waals surface area contributed by atoms with Crippen LogP contribution in [0.1, 0.15) is 64.7 Å². The Bertz CT molecular complexity index is 2520. The Balaban J connectivity index is 1.04. The number of esters is 1. The number of para-hydroxylation sites is 1. The van der Waals surface area contributed by atoms with Gasteiger partial charge in [0.2, 0.25) is 0 Å². The Kier molecular flexibility index (Phi) is 15.3. The van der Waals surface area contributed by atoms with E-state index < -0.39 is 19.6 Å². The Morgan fingerprint density at radius 1 is 0.846 bits per heavy atom. The average Bonchev–Trinajstić information content (AvgIpc) is 3.71. The first-order chi connectivity index (χ1) is 31.1. The minimum absolute atomic E-state index is 0.108. The van der Waals surface area contributed by atoms with Crippen LogP contribution in [0.5, 0.6) is 11.5 Å². The molecule has 3 aromatic carbocycles. The molecule has 0 fully saturated rings. The molecule has 6 aromatic rings. The lowest BCUT2D eigenvalue weighted by molar-refractivity contribution is 0.00613. The third-order valence-electron chi connectivity index (χ3n) is 10.9. The van der Waals surface area contributed by atoms with Crippen LogP contribution in [0.15, 0.2) is 97.2 Å². The molecule has 0 saturated heterocycles. The Labute approximate surface area is 388 Å². The first kappa shape index (κ1) is 47.3. The summed E-state index contributed by atoms with van der Waals surface area (Å²) in [5.74, 6) is 1.52. The van der Waals surface area contributed by atoms with Crippen molar-refractivity contribution >= 4 is 52.5 Å². The van der Waals surface area contributed by atoms with E-state index >= 15 is 0 Å². The number of amides is 1. The molecule has 0 atom stereocenters. The summed E-state index contributed by atoms with van der Waals surface area (Å²) in [7, 11) is 2.69. The molecular weight excluding hydrogens is 853 g/mol. The minimum Gasteiger partial charge on any atom is -0.494 e. The minimum atomic E-state index is -1.34. The number of ether oxygens (including phenoxy) is 4. The molecular formula is C51H62N6O6SSi. The van der Waals surface area contributed by atoms with Crippen molar-refractivity contribution in [3.63, 3.8) is 0 Å². The van der Waals surface area contributed by atoms with Crippen molar-refractivity contribution in [2.45, 2.75) is 77.9 Å². The maximum absolute atomic E-state index is 14.7. The van der Waals surface area contributed by atoms with Gasteiger partial charge in [0.15, 0.2) is 10.8 Å². The number of carbonyl (C=O) groups excluding carboxylic acids is 2. The van der Waals surface area contributed by atoms with Crippen molar-refractivity contribution in [1.29, 1.82) is 0 Å². The molecule has 7 rings (SSSR count). The van der Waals surface area contributed by atoms with Crippen LogP contribution in [0.4, 0.5) is 10.9 Å². The third kappa shape index (κ3) is 13.0. The van der Waals surface area contributed by atoms with E-state index in [2.05, 4.69) is 40.5 Å². The van der Waals surface area contributed by atoms with Gasteiger partial charge >= 0.3 is 5.97 Å². The van der Waals surface area contributed by atoms with Crippen LogP contribution >= 0.6 is 11.3 Å². The fourth-order valence-corrected chi connectivity index (χ4v) is 9.06. The molecule has 1 aliphatic rings. The number of hydrogen-bond acceptors (Lipinski definition) is 12. The molecule has 0 aliphatic carbocycles. The highest BCUT2D eigenvalue weighted by atomic mass is 32.1. The molecule has 3 aromatic heterocycles. The number of likely N-dealkylation sites (N-methyl/N-ethyl adjacent to an activating group) is 1. The first-order valence-electron chi connectivity index (χ1n) is 22.4. The zero-order valence-electron chi connectivity index (χ0n) is 39.1. The van der Waals surface area contributed by atoms with Crippen LogP contribution in [0.25, 0.3) is 21.5 Å². The van der Waals surface area contributed by atoms with E-state index in [1.807, 2.05) is 120 Å². The second-order valence-electron chi connectivity index (χ2n) is 18.8. The zero-order chi connectivity index (χ0) is 46.1. The molecule has 1 amide bonds.